The minimum atomic E-state index is -0.227. The molecule has 35 heavy (non-hydrogen) atoms. The SMILES string of the molecule is NC1SC=C(C2CCNCC2)N1c1ncc(Sc2ccnc3ccsc23)cc1Oc1ccccc1. The summed E-state index contributed by atoms with van der Waals surface area (Å²) in [5.74, 6) is 2.70. The smallest absolute Gasteiger partial charge is 0.178 e. The third-order valence-corrected chi connectivity index (χ3v) is 9.11. The van der Waals surface area contributed by atoms with E-state index in [1.54, 1.807) is 34.9 Å². The van der Waals surface area contributed by atoms with Crippen molar-refractivity contribution in [3.05, 3.63) is 77.4 Å². The maximum Gasteiger partial charge on any atom is 0.178 e. The first kappa shape index (κ1) is 22.9. The maximum absolute atomic E-state index is 6.60. The summed E-state index contributed by atoms with van der Waals surface area (Å²) >= 11 is 5.02. The number of pyridine rings is 2. The van der Waals surface area contributed by atoms with Gasteiger partial charge in [-0.3, -0.25) is 4.98 Å². The highest BCUT2D eigenvalue weighted by atomic mass is 32.2. The second-order valence-electron chi connectivity index (χ2n) is 8.42. The second-order valence-corrected chi connectivity index (χ2v) is 11.4. The Hall–Kier alpha value is -2.56. The second kappa shape index (κ2) is 10.2. The van der Waals surface area contributed by atoms with Crippen LogP contribution in [0.3, 0.4) is 0 Å². The summed E-state index contributed by atoms with van der Waals surface area (Å²) < 4.78 is 7.61. The zero-order chi connectivity index (χ0) is 23.6. The molecular weight excluding hydrogens is 495 g/mol. The fourth-order valence-electron chi connectivity index (χ4n) is 4.46. The van der Waals surface area contributed by atoms with E-state index in [1.807, 2.05) is 42.7 Å². The monoisotopic (exact) mass is 519 g/mol. The van der Waals surface area contributed by atoms with Crippen LogP contribution in [0.1, 0.15) is 12.8 Å². The number of thioether (sulfide) groups is 1. The number of para-hydroxylation sites is 1. The van der Waals surface area contributed by atoms with Crippen LogP contribution in [-0.2, 0) is 0 Å². The van der Waals surface area contributed by atoms with Gasteiger partial charge in [0.2, 0.25) is 0 Å². The number of thiophene rings is 1. The number of anilines is 1. The molecule has 9 heteroatoms. The zero-order valence-electron chi connectivity index (χ0n) is 19.0. The van der Waals surface area contributed by atoms with Gasteiger partial charge in [0.05, 0.1) is 10.2 Å². The third-order valence-electron chi connectivity index (χ3n) is 6.16. The van der Waals surface area contributed by atoms with Crippen LogP contribution >= 0.6 is 34.9 Å². The van der Waals surface area contributed by atoms with Gasteiger partial charge < -0.3 is 20.7 Å². The largest absolute Gasteiger partial charge is 0.453 e. The van der Waals surface area contributed by atoms with E-state index in [-0.39, 0.29) is 5.50 Å². The van der Waals surface area contributed by atoms with E-state index in [0.717, 1.165) is 52.8 Å². The Balaban J connectivity index is 1.38. The molecule has 1 aromatic carbocycles. The van der Waals surface area contributed by atoms with Gasteiger partial charge >= 0.3 is 0 Å². The van der Waals surface area contributed by atoms with Crippen molar-refractivity contribution in [2.45, 2.75) is 28.1 Å². The van der Waals surface area contributed by atoms with Crippen molar-refractivity contribution in [3.63, 3.8) is 0 Å². The Morgan fingerprint density at radius 3 is 2.80 bits per heavy atom. The summed E-state index contributed by atoms with van der Waals surface area (Å²) in [6, 6.07) is 16.0. The molecule has 5 heterocycles. The van der Waals surface area contributed by atoms with Gasteiger partial charge in [-0.1, -0.05) is 41.7 Å². The molecule has 0 spiro atoms. The molecule has 1 fully saturated rings. The first-order valence-corrected chi connectivity index (χ1v) is 14.2. The van der Waals surface area contributed by atoms with Crippen molar-refractivity contribution in [3.8, 4) is 11.5 Å². The molecule has 1 unspecified atom stereocenters. The number of nitrogens with zero attached hydrogens (tertiary/aromatic N) is 3. The van der Waals surface area contributed by atoms with Gasteiger partial charge in [-0.25, -0.2) is 4.98 Å². The molecule has 1 saturated heterocycles. The van der Waals surface area contributed by atoms with Crippen LogP contribution in [-0.4, -0.2) is 28.6 Å². The van der Waals surface area contributed by atoms with Gasteiger partial charge in [0, 0.05) is 39.9 Å². The Morgan fingerprint density at radius 2 is 1.94 bits per heavy atom. The molecule has 2 aliphatic heterocycles. The van der Waals surface area contributed by atoms with Crippen LogP contribution in [0.2, 0.25) is 0 Å². The van der Waals surface area contributed by atoms with Crippen LogP contribution in [0.5, 0.6) is 11.5 Å². The molecule has 1 atom stereocenters. The Bertz CT molecular complexity index is 1350. The fraction of sp³-hybridized carbons (Fsp3) is 0.231. The Morgan fingerprint density at radius 1 is 1.09 bits per heavy atom. The molecule has 3 aromatic heterocycles. The van der Waals surface area contributed by atoms with Crippen molar-refractivity contribution in [2.24, 2.45) is 11.7 Å². The van der Waals surface area contributed by atoms with Crippen molar-refractivity contribution in [2.75, 3.05) is 18.0 Å². The van der Waals surface area contributed by atoms with Crippen molar-refractivity contribution in [1.82, 2.24) is 15.3 Å². The highest BCUT2D eigenvalue weighted by Gasteiger charge is 2.34. The fourth-order valence-corrected chi connectivity index (χ4v) is 7.27. The minimum Gasteiger partial charge on any atom is -0.453 e. The minimum absolute atomic E-state index is 0.227. The molecule has 0 amide bonds. The molecule has 0 radical (unpaired) electrons. The lowest BCUT2D eigenvalue weighted by Gasteiger charge is -2.33. The van der Waals surface area contributed by atoms with E-state index < -0.39 is 0 Å². The standard InChI is InChI=1S/C26H25N5OS3/c27-26-31(21(16-34-26)17-6-10-28-11-7-17)25-22(32-18-4-2-1-3-5-18)14-19(15-30-25)35-23-8-12-29-20-9-13-33-24(20)23/h1-5,8-9,12-17,26,28H,6-7,10-11,27H2. The van der Waals surface area contributed by atoms with Crippen LogP contribution in [0.15, 0.2) is 87.2 Å². The number of nitrogens with one attached hydrogen (secondary N) is 1. The number of fused-ring (bicyclic) bond motifs is 1. The molecule has 3 N–H and O–H groups in total. The van der Waals surface area contributed by atoms with Crippen molar-refractivity contribution in [1.29, 1.82) is 0 Å². The summed E-state index contributed by atoms with van der Waals surface area (Å²) in [6.07, 6.45) is 5.97. The number of hydrogen-bond acceptors (Lipinski definition) is 9. The summed E-state index contributed by atoms with van der Waals surface area (Å²) in [6.45, 7) is 2.05. The number of aromatic nitrogens is 2. The predicted octanol–water partition coefficient (Wildman–Crippen LogP) is 6.27. The molecule has 178 valence electrons. The topological polar surface area (TPSA) is 76.3 Å². The predicted molar refractivity (Wildman–Crippen MR) is 146 cm³/mol. The highest BCUT2D eigenvalue weighted by Crippen LogP contribution is 2.45. The summed E-state index contributed by atoms with van der Waals surface area (Å²) in [5.41, 5.74) is 8.63. The normalized spacial score (nSPS) is 18.7. The number of benzene rings is 1. The van der Waals surface area contributed by atoms with E-state index >= 15 is 0 Å². The van der Waals surface area contributed by atoms with Gasteiger partial charge in [-0.15, -0.1) is 11.3 Å². The van der Waals surface area contributed by atoms with E-state index in [1.165, 1.54) is 10.4 Å². The first-order chi connectivity index (χ1) is 17.3. The Labute approximate surface area is 217 Å². The quantitative estimate of drug-likeness (QED) is 0.309. The maximum atomic E-state index is 6.60. The van der Waals surface area contributed by atoms with Crippen LogP contribution < -0.4 is 20.7 Å². The number of allylic oxidation sites excluding steroid dienone is 1. The van der Waals surface area contributed by atoms with E-state index in [9.17, 15) is 0 Å². The molecule has 0 bridgehead atoms. The van der Waals surface area contributed by atoms with Crippen molar-refractivity contribution < 1.29 is 4.74 Å². The molecule has 2 aliphatic rings. The van der Waals surface area contributed by atoms with E-state index in [4.69, 9.17) is 15.5 Å². The number of piperidine rings is 1. The third kappa shape index (κ3) is 4.79. The number of nitrogens with two attached hydrogens (primary N) is 1. The van der Waals surface area contributed by atoms with Crippen molar-refractivity contribution >= 4 is 50.9 Å². The molecule has 0 aliphatic carbocycles. The number of ether oxygens (including phenoxy) is 1. The van der Waals surface area contributed by atoms with Gasteiger partial charge in [0.15, 0.2) is 11.6 Å². The molecule has 0 saturated carbocycles. The molecule has 4 aromatic rings. The van der Waals surface area contributed by atoms with Gasteiger partial charge in [-0.05, 0) is 61.0 Å². The molecule has 6 nitrogen and oxygen atoms in total. The highest BCUT2D eigenvalue weighted by molar-refractivity contribution is 8.03. The summed E-state index contributed by atoms with van der Waals surface area (Å²) in [4.78, 5) is 13.7. The average Bonchev–Trinajstić information content (AvgIpc) is 3.53. The van der Waals surface area contributed by atoms with Gasteiger partial charge in [0.1, 0.15) is 11.2 Å². The Kier molecular flexibility index (Phi) is 6.67. The first-order valence-electron chi connectivity index (χ1n) is 11.6. The molecular formula is C26H25N5OS3. The summed E-state index contributed by atoms with van der Waals surface area (Å²) in [7, 11) is 0. The van der Waals surface area contributed by atoms with Crippen LogP contribution in [0.4, 0.5) is 5.82 Å². The van der Waals surface area contributed by atoms with Crippen LogP contribution in [0, 0.1) is 5.92 Å². The van der Waals surface area contributed by atoms with Crippen LogP contribution in [0.25, 0.3) is 10.2 Å². The lowest BCUT2D eigenvalue weighted by molar-refractivity contribution is 0.410. The zero-order valence-corrected chi connectivity index (χ0v) is 21.4. The van der Waals surface area contributed by atoms with Gasteiger partial charge in [-0.2, -0.15) is 0 Å². The number of rotatable bonds is 6. The lowest BCUT2D eigenvalue weighted by atomic mass is 9.94. The van der Waals surface area contributed by atoms with E-state index in [2.05, 4.69) is 44.2 Å². The van der Waals surface area contributed by atoms with E-state index in [0.29, 0.717) is 11.7 Å². The average molecular weight is 520 g/mol. The number of hydrogen-bond donors (Lipinski definition) is 2. The van der Waals surface area contributed by atoms with Gasteiger partial charge in [0.25, 0.3) is 0 Å². The summed E-state index contributed by atoms with van der Waals surface area (Å²) in [5, 5.41) is 7.75. The lowest BCUT2D eigenvalue weighted by Crippen LogP contribution is -2.40. The molecule has 6 rings (SSSR count).